The average Bonchev–Trinajstić information content (AvgIpc) is 2.03. The Kier molecular flexibility index (Phi) is 6.00. The van der Waals surface area contributed by atoms with Gasteiger partial charge in [0.25, 0.3) is 0 Å². The number of hydrogen-bond donors (Lipinski definition) is 3. The summed E-state index contributed by atoms with van der Waals surface area (Å²) in [6.07, 6.45) is 3.18. The minimum atomic E-state index is -0.343. The van der Waals surface area contributed by atoms with Crippen molar-refractivity contribution in [2.75, 3.05) is 6.54 Å². The van der Waals surface area contributed by atoms with Crippen LogP contribution in [-0.4, -0.2) is 24.8 Å². The van der Waals surface area contributed by atoms with Crippen molar-refractivity contribution in [2.24, 2.45) is 22.2 Å². The number of carbonyl (C=O) groups is 1. The molecule has 70 valence electrons. The van der Waals surface area contributed by atoms with Crippen molar-refractivity contribution >= 4 is 12.2 Å². The molecule has 0 fully saturated rings. The maximum atomic E-state index is 10.1. The molecule has 0 radical (unpaired) electrons. The lowest BCUT2D eigenvalue weighted by Crippen LogP contribution is -2.23. The molecule has 0 aliphatic carbocycles. The summed E-state index contributed by atoms with van der Waals surface area (Å²) in [4.78, 5) is 13.9. The van der Waals surface area contributed by atoms with Crippen LogP contribution in [0.1, 0.15) is 19.3 Å². The second-order valence-electron chi connectivity index (χ2n) is 2.60. The van der Waals surface area contributed by atoms with E-state index in [0.717, 1.165) is 19.1 Å². The summed E-state index contributed by atoms with van der Waals surface area (Å²) in [5.41, 5.74) is 15.6. The fraction of sp³-hybridized carbons (Fsp3) is 0.714. The minimum absolute atomic E-state index is 0.106. The van der Waals surface area contributed by atoms with E-state index in [0.29, 0.717) is 13.0 Å². The number of carbonyl (C=O) groups excluding carboxylic acids is 1. The van der Waals surface area contributed by atoms with E-state index in [1.54, 1.807) is 0 Å². The van der Waals surface area contributed by atoms with Gasteiger partial charge >= 0.3 is 0 Å². The predicted molar refractivity (Wildman–Crippen MR) is 48.6 cm³/mol. The molecule has 0 aliphatic rings. The van der Waals surface area contributed by atoms with Crippen molar-refractivity contribution in [2.45, 2.75) is 25.3 Å². The zero-order chi connectivity index (χ0) is 9.40. The second-order valence-corrected chi connectivity index (χ2v) is 2.60. The molecule has 12 heavy (non-hydrogen) atoms. The van der Waals surface area contributed by atoms with Crippen molar-refractivity contribution in [3.63, 3.8) is 0 Å². The van der Waals surface area contributed by atoms with Gasteiger partial charge in [0, 0.05) is 6.54 Å². The van der Waals surface area contributed by atoms with Crippen LogP contribution in [0.5, 0.6) is 0 Å². The summed E-state index contributed by atoms with van der Waals surface area (Å²) in [6, 6.07) is -0.343. The molecule has 1 unspecified atom stereocenters. The van der Waals surface area contributed by atoms with E-state index >= 15 is 0 Å². The Morgan fingerprint density at radius 1 is 1.42 bits per heavy atom. The van der Waals surface area contributed by atoms with Gasteiger partial charge in [0.1, 0.15) is 6.29 Å². The number of unbranched alkanes of at least 4 members (excludes halogenated alkanes) is 1. The van der Waals surface area contributed by atoms with Crippen molar-refractivity contribution in [1.29, 1.82) is 0 Å². The molecule has 6 N–H and O–H groups in total. The smallest absolute Gasteiger partial charge is 0.185 e. The predicted octanol–water partition coefficient (Wildman–Crippen LogP) is -1.04. The molecule has 0 aliphatic heterocycles. The first-order chi connectivity index (χ1) is 5.66. The highest BCUT2D eigenvalue weighted by molar-refractivity contribution is 5.75. The van der Waals surface area contributed by atoms with E-state index in [4.69, 9.17) is 17.2 Å². The average molecular weight is 172 g/mol. The quantitative estimate of drug-likeness (QED) is 0.206. The van der Waals surface area contributed by atoms with Gasteiger partial charge in [0.2, 0.25) is 0 Å². The largest absolute Gasteiger partial charge is 0.370 e. The molecule has 0 aromatic rings. The highest BCUT2D eigenvalue weighted by atomic mass is 16.1. The molecule has 0 rings (SSSR count). The highest BCUT2D eigenvalue weighted by Gasteiger charge is 1.97. The summed E-state index contributed by atoms with van der Waals surface area (Å²) in [6.45, 7) is 0.605. The van der Waals surface area contributed by atoms with Crippen molar-refractivity contribution in [3.05, 3.63) is 0 Å². The first-order valence-corrected chi connectivity index (χ1v) is 3.93. The number of guanidine groups is 1. The van der Waals surface area contributed by atoms with Gasteiger partial charge in [-0.05, 0) is 19.3 Å². The van der Waals surface area contributed by atoms with E-state index in [2.05, 4.69) is 4.99 Å². The lowest BCUT2D eigenvalue weighted by Gasteiger charge is -2.01. The number of aldehydes is 1. The normalized spacial score (nSPS) is 12.1. The Labute approximate surface area is 72.0 Å². The molecule has 0 heterocycles. The number of rotatable bonds is 6. The topological polar surface area (TPSA) is 107 Å². The van der Waals surface area contributed by atoms with Gasteiger partial charge in [0.05, 0.1) is 6.04 Å². The van der Waals surface area contributed by atoms with Crippen LogP contribution < -0.4 is 17.2 Å². The Hall–Kier alpha value is -1.10. The maximum Gasteiger partial charge on any atom is 0.185 e. The molecule has 0 saturated carbocycles. The molecule has 0 saturated heterocycles. The number of nitrogens with two attached hydrogens (primary N) is 3. The third-order valence-electron chi connectivity index (χ3n) is 1.41. The van der Waals surface area contributed by atoms with Crippen LogP contribution in [0.2, 0.25) is 0 Å². The molecule has 0 bridgehead atoms. The minimum Gasteiger partial charge on any atom is -0.370 e. The third-order valence-corrected chi connectivity index (χ3v) is 1.41. The van der Waals surface area contributed by atoms with E-state index in [9.17, 15) is 4.79 Å². The van der Waals surface area contributed by atoms with Crippen LogP contribution >= 0.6 is 0 Å². The van der Waals surface area contributed by atoms with Gasteiger partial charge in [-0.15, -0.1) is 0 Å². The fourth-order valence-corrected chi connectivity index (χ4v) is 0.768. The van der Waals surface area contributed by atoms with E-state index in [1.165, 1.54) is 0 Å². The van der Waals surface area contributed by atoms with Crippen LogP contribution in [0.15, 0.2) is 4.99 Å². The van der Waals surface area contributed by atoms with Gasteiger partial charge in [-0.25, -0.2) is 0 Å². The first-order valence-electron chi connectivity index (χ1n) is 3.93. The monoisotopic (exact) mass is 172 g/mol. The molecular weight excluding hydrogens is 156 g/mol. The van der Waals surface area contributed by atoms with Crippen molar-refractivity contribution < 1.29 is 4.79 Å². The first kappa shape index (κ1) is 10.9. The molecule has 5 nitrogen and oxygen atoms in total. The van der Waals surface area contributed by atoms with Gasteiger partial charge in [-0.2, -0.15) is 0 Å². The molecule has 0 spiro atoms. The summed E-state index contributed by atoms with van der Waals surface area (Å²) in [7, 11) is 0. The van der Waals surface area contributed by atoms with Crippen LogP contribution in [0.3, 0.4) is 0 Å². The number of aliphatic imine (C=N–C) groups is 1. The summed E-state index contributed by atoms with van der Waals surface area (Å²) >= 11 is 0. The molecule has 0 amide bonds. The second kappa shape index (κ2) is 6.60. The highest BCUT2D eigenvalue weighted by Crippen LogP contribution is 1.97. The third kappa shape index (κ3) is 7.01. The van der Waals surface area contributed by atoms with Gasteiger partial charge in [-0.3, -0.25) is 4.99 Å². The van der Waals surface area contributed by atoms with E-state index in [1.807, 2.05) is 0 Å². The SMILES string of the molecule is NC(N)=NCCCCC(N)C=O. The number of nitrogens with zero attached hydrogens (tertiary/aromatic N) is 1. The van der Waals surface area contributed by atoms with Crippen LogP contribution in [0.4, 0.5) is 0 Å². The van der Waals surface area contributed by atoms with Gasteiger partial charge in [-0.1, -0.05) is 0 Å². The summed E-state index contributed by atoms with van der Waals surface area (Å²) < 4.78 is 0. The van der Waals surface area contributed by atoms with E-state index in [-0.39, 0.29) is 12.0 Å². The standard InChI is InChI=1S/C7H16N4O/c8-6(5-12)3-1-2-4-11-7(9)10/h5-6H,1-4,8H2,(H4,9,10,11). The molecular formula is C7H16N4O. The Morgan fingerprint density at radius 2 is 2.08 bits per heavy atom. The van der Waals surface area contributed by atoms with Crippen molar-refractivity contribution in [1.82, 2.24) is 0 Å². The lowest BCUT2D eigenvalue weighted by molar-refractivity contribution is -0.109. The number of hydrogen-bond acceptors (Lipinski definition) is 3. The Morgan fingerprint density at radius 3 is 2.58 bits per heavy atom. The summed E-state index contributed by atoms with van der Waals surface area (Å²) in [5.74, 6) is 0.106. The zero-order valence-corrected chi connectivity index (χ0v) is 7.07. The van der Waals surface area contributed by atoms with Crippen LogP contribution in [0.25, 0.3) is 0 Å². The van der Waals surface area contributed by atoms with Crippen LogP contribution in [-0.2, 0) is 4.79 Å². The van der Waals surface area contributed by atoms with E-state index < -0.39 is 0 Å². The maximum absolute atomic E-state index is 10.1. The fourth-order valence-electron chi connectivity index (χ4n) is 0.768. The lowest BCUT2D eigenvalue weighted by atomic mass is 10.1. The molecule has 0 aromatic carbocycles. The summed E-state index contributed by atoms with van der Waals surface area (Å²) in [5, 5.41) is 0. The van der Waals surface area contributed by atoms with Crippen molar-refractivity contribution in [3.8, 4) is 0 Å². The Bertz CT molecular complexity index is 153. The van der Waals surface area contributed by atoms with Crippen LogP contribution in [0, 0.1) is 0 Å². The Balaban J connectivity index is 3.22. The molecule has 1 atom stereocenters. The molecule has 5 heteroatoms. The van der Waals surface area contributed by atoms with Gasteiger partial charge in [0.15, 0.2) is 5.96 Å². The molecule has 0 aromatic heterocycles. The zero-order valence-electron chi connectivity index (χ0n) is 7.07. The van der Waals surface area contributed by atoms with Gasteiger partial charge < -0.3 is 22.0 Å².